The molecule has 0 aliphatic rings. The molecule has 0 bridgehead atoms. The highest BCUT2D eigenvalue weighted by Crippen LogP contribution is 2.35. The van der Waals surface area contributed by atoms with E-state index in [9.17, 15) is 4.79 Å². The van der Waals surface area contributed by atoms with Crippen molar-refractivity contribution in [3.63, 3.8) is 0 Å². The molecule has 1 aromatic carbocycles. The zero-order valence-corrected chi connectivity index (χ0v) is 15.2. The molecule has 0 saturated heterocycles. The highest BCUT2D eigenvalue weighted by atomic mass is 32.1. The van der Waals surface area contributed by atoms with Gasteiger partial charge in [-0.15, -0.1) is 11.3 Å². The van der Waals surface area contributed by atoms with Crippen LogP contribution in [0.25, 0.3) is 26.1 Å². The normalized spacial score (nSPS) is 11.3. The molecule has 25 heavy (non-hydrogen) atoms. The van der Waals surface area contributed by atoms with Crippen LogP contribution in [0.2, 0.25) is 0 Å². The summed E-state index contributed by atoms with van der Waals surface area (Å²) < 4.78 is 2.24. The van der Waals surface area contributed by atoms with Crippen molar-refractivity contribution in [1.29, 1.82) is 0 Å². The van der Waals surface area contributed by atoms with Gasteiger partial charge in [0.2, 0.25) is 0 Å². The number of thiophene rings is 1. The molecule has 0 saturated carbocycles. The second kappa shape index (κ2) is 5.97. The van der Waals surface area contributed by atoms with E-state index in [4.69, 9.17) is 0 Å². The molecular weight excluding hydrogens is 332 g/mol. The third-order valence-electron chi connectivity index (χ3n) is 4.46. The maximum Gasteiger partial charge on any atom is 0.275 e. The number of rotatable bonds is 3. The van der Waals surface area contributed by atoms with E-state index in [-0.39, 0.29) is 5.56 Å². The highest BCUT2D eigenvalue weighted by molar-refractivity contribution is 7.25. The van der Waals surface area contributed by atoms with Crippen molar-refractivity contribution < 1.29 is 0 Å². The third-order valence-corrected chi connectivity index (χ3v) is 5.53. The number of hydrogen-bond donors (Lipinski definition) is 0. The zero-order chi connectivity index (χ0) is 17.6. The van der Waals surface area contributed by atoms with Crippen molar-refractivity contribution in [3.8, 4) is 5.69 Å². The maximum atomic E-state index is 13.0. The van der Waals surface area contributed by atoms with Gasteiger partial charge in [-0.2, -0.15) is 0 Å². The Morgan fingerprint density at radius 2 is 1.92 bits per heavy atom. The minimum Gasteiger partial charge on any atom is -0.374 e. The number of nitrogens with zero attached hydrogens (tertiary/aromatic N) is 4. The minimum atomic E-state index is -0.0537. The second-order valence-electron chi connectivity index (χ2n) is 6.06. The molecular formula is C19H18N4OS. The number of pyridine rings is 1. The number of aromatic nitrogens is 3. The largest absolute Gasteiger partial charge is 0.374 e. The Morgan fingerprint density at radius 3 is 2.64 bits per heavy atom. The van der Waals surface area contributed by atoms with Crippen LogP contribution in [0.15, 0.2) is 47.7 Å². The van der Waals surface area contributed by atoms with Crippen LogP contribution in [0.3, 0.4) is 0 Å². The highest BCUT2D eigenvalue weighted by Gasteiger charge is 2.17. The van der Waals surface area contributed by atoms with Gasteiger partial charge in [-0.1, -0.05) is 17.7 Å². The topological polar surface area (TPSA) is 51.0 Å². The number of hydrogen-bond acceptors (Lipinski definition) is 5. The van der Waals surface area contributed by atoms with E-state index in [1.165, 1.54) is 11.3 Å². The predicted molar refractivity (Wildman–Crippen MR) is 104 cm³/mol. The molecule has 5 nitrogen and oxygen atoms in total. The van der Waals surface area contributed by atoms with Gasteiger partial charge < -0.3 is 4.90 Å². The van der Waals surface area contributed by atoms with Gasteiger partial charge in [-0.25, -0.2) is 9.97 Å². The first-order valence-corrected chi connectivity index (χ1v) is 8.99. The quantitative estimate of drug-likeness (QED) is 0.564. The number of anilines is 1. The Hall–Kier alpha value is -2.73. The summed E-state index contributed by atoms with van der Waals surface area (Å²) in [6.45, 7) is 4.99. The fraction of sp³-hybridized carbons (Fsp3) is 0.211. The lowest BCUT2D eigenvalue weighted by Gasteiger charge is -2.17. The van der Waals surface area contributed by atoms with Crippen LogP contribution < -0.4 is 10.5 Å². The first kappa shape index (κ1) is 15.8. The summed E-state index contributed by atoms with van der Waals surface area (Å²) in [5.74, 6) is 0. The van der Waals surface area contributed by atoms with Crippen molar-refractivity contribution in [2.24, 2.45) is 0 Å². The minimum absolute atomic E-state index is 0.0537. The Balaban J connectivity index is 2.01. The average Bonchev–Trinajstić information content (AvgIpc) is 3.02. The molecule has 4 rings (SSSR count). The van der Waals surface area contributed by atoms with Crippen molar-refractivity contribution in [2.75, 3.05) is 18.5 Å². The van der Waals surface area contributed by atoms with E-state index in [2.05, 4.69) is 21.8 Å². The first-order valence-electron chi connectivity index (χ1n) is 8.17. The van der Waals surface area contributed by atoms with Crippen LogP contribution in [0.5, 0.6) is 0 Å². The molecule has 126 valence electrons. The van der Waals surface area contributed by atoms with E-state index in [1.54, 1.807) is 17.1 Å². The van der Waals surface area contributed by atoms with Crippen LogP contribution in [-0.2, 0) is 0 Å². The van der Waals surface area contributed by atoms with Crippen molar-refractivity contribution in [2.45, 2.75) is 13.8 Å². The van der Waals surface area contributed by atoms with E-state index < -0.39 is 0 Å². The van der Waals surface area contributed by atoms with Gasteiger partial charge in [0.1, 0.15) is 21.4 Å². The fourth-order valence-corrected chi connectivity index (χ4v) is 3.96. The van der Waals surface area contributed by atoms with E-state index >= 15 is 0 Å². The summed E-state index contributed by atoms with van der Waals surface area (Å²) in [4.78, 5) is 25.1. The van der Waals surface area contributed by atoms with E-state index in [0.29, 0.717) is 4.70 Å². The van der Waals surface area contributed by atoms with Gasteiger partial charge in [0.15, 0.2) is 0 Å². The Labute approximate surface area is 149 Å². The average molecular weight is 350 g/mol. The van der Waals surface area contributed by atoms with Gasteiger partial charge in [-0.05, 0) is 32.0 Å². The first-order chi connectivity index (χ1) is 12.1. The smallest absolute Gasteiger partial charge is 0.275 e. The molecule has 4 aromatic rings. The van der Waals surface area contributed by atoms with E-state index in [0.717, 1.165) is 39.2 Å². The SMILES string of the molecule is CCN(C)c1ccnc2sc3c(=O)n(-c4ccc(C)cc4)cnc3c12. The Bertz CT molecular complexity index is 1130. The second-order valence-corrected chi connectivity index (χ2v) is 7.06. The fourth-order valence-electron chi connectivity index (χ4n) is 2.91. The van der Waals surface area contributed by atoms with Crippen LogP contribution in [-0.4, -0.2) is 28.1 Å². The maximum absolute atomic E-state index is 13.0. The molecule has 0 aliphatic heterocycles. The third kappa shape index (κ3) is 2.49. The Morgan fingerprint density at radius 1 is 1.16 bits per heavy atom. The predicted octanol–water partition coefficient (Wildman–Crippen LogP) is 3.76. The van der Waals surface area contributed by atoms with Crippen molar-refractivity contribution in [3.05, 3.63) is 58.8 Å². The molecule has 0 spiro atoms. The molecule has 3 aromatic heterocycles. The van der Waals surface area contributed by atoms with Crippen LogP contribution in [0, 0.1) is 6.92 Å². The van der Waals surface area contributed by atoms with Gasteiger partial charge in [-0.3, -0.25) is 9.36 Å². The Kier molecular flexibility index (Phi) is 3.77. The number of benzene rings is 1. The molecule has 0 aliphatic carbocycles. The summed E-state index contributed by atoms with van der Waals surface area (Å²) >= 11 is 1.41. The molecule has 6 heteroatoms. The summed E-state index contributed by atoms with van der Waals surface area (Å²) in [5, 5.41) is 0.958. The molecule has 0 fully saturated rings. The molecule has 0 radical (unpaired) electrons. The lowest BCUT2D eigenvalue weighted by Crippen LogP contribution is -2.18. The molecule has 0 N–H and O–H groups in total. The van der Waals surface area contributed by atoms with Crippen molar-refractivity contribution in [1.82, 2.24) is 14.5 Å². The number of fused-ring (bicyclic) bond motifs is 3. The van der Waals surface area contributed by atoms with Crippen LogP contribution >= 0.6 is 11.3 Å². The molecule has 3 heterocycles. The van der Waals surface area contributed by atoms with E-state index in [1.807, 2.05) is 44.3 Å². The van der Waals surface area contributed by atoms with Gasteiger partial charge >= 0.3 is 0 Å². The van der Waals surface area contributed by atoms with Crippen molar-refractivity contribution >= 4 is 37.5 Å². The molecule has 0 amide bonds. The van der Waals surface area contributed by atoms with Gasteiger partial charge in [0.05, 0.1) is 16.8 Å². The van der Waals surface area contributed by atoms with Gasteiger partial charge in [0, 0.05) is 19.8 Å². The molecule has 0 atom stereocenters. The lowest BCUT2D eigenvalue weighted by atomic mass is 10.2. The zero-order valence-electron chi connectivity index (χ0n) is 14.4. The standard InChI is InChI=1S/C19H18N4OS/c1-4-22(3)14-9-10-20-18-15(14)16-17(25-18)19(24)23(11-21-16)13-7-5-12(2)6-8-13/h5-11H,4H2,1-3H3. The summed E-state index contributed by atoms with van der Waals surface area (Å²) in [5.41, 5.74) is 3.71. The van der Waals surface area contributed by atoms with Crippen LogP contribution in [0.4, 0.5) is 5.69 Å². The number of aryl methyl sites for hydroxylation is 1. The van der Waals surface area contributed by atoms with Gasteiger partial charge in [0.25, 0.3) is 5.56 Å². The summed E-state index contributed by atoms with van der Waals surface area (Å²) in [6, 6.07) is 9.84. The van der Waals surface area contributed by atoms with Crippen LogP contribution in [0.1, 0.15) is 12.5 Å². The summed E-state index contributed by atoms with van der Waals surface area (Å²) in [6.07, 6.45) is 3.40. The summed E-state index contributed by atoms with van der Waals surface area (Å²) in [7, 11) is 2.03. The lowest BCUT2D eigenvalue weighted by molar-refractivity contribution is 0.964. The monoisotopic (exact) mass is 350 g/mol. The molecule has 0 unspecified atom stereocenters.